The van der Waals surface area contributed by atoms with Gasteiger partial charge in [-0.15, -0.1) is 0 Å². The van der Waals surface area contributed by atoms with Crippen LogP contribution in [0.25, 0.3) is 0 Å². The highest BCUT2D eigenvalue weighted by Crippen LogP contribution is 2.19. The Morgan fingerprint density at radius 3 is 0.897 bits per heavy atom. The molecule has 0 aliphatic carbocycles. The van der Waals surface area contributed by atoms with Crippen LogP contribution in [0.3, 0.4) is 0 Å². The SMILES string of the molecule is CCCCCCCCCCCCCCCC(=O)C(C(=O)CCCCCCCCCCCCCCC)C(O)CO. The van der Waals surface area contributed by atoms with E-state index >= 15 is 0 Å². The van der Waals surface area contributed by atoms with Gasteiger partial charge >= 0.3 is 0 Å². The molecule has 2 N–H and O–H groups in total. The van der Waals surface area contributed by atoms with Gasteiger partial charge in [0.25, 0.3) is 0 Å². The standard InChI is InChI=1S/C35H68O4/c1-3-5-7-9-11-13-15-17-19-21-23-25-27-29-32(37)35(34(39)31-36)33(38)30-28-26-24-22-20-18-16-14-12-10-8-6-4-2/h34-36,39H,3-31H2,1-2H3. The quantitative estimate of drug-likeness (QED) is 0.0643. The van der Waals surface area contributed by atoms with Crippen LogP contribution in [0.2, 0.25) is 0 Å². The molecule has 0 saturated heterocycles. The smallest absolute Gasteiger partial charge is 0.146 e. The lowest BCUT2D eigenvalue weighted by molar-refractivity contribution is -0.138. The molecular formula is C35H68O4. The van der Waals surface area contributed by atoms with Gasteiger partial charge in [-0.2, -0.15) is 0 Å². The minimum absolute atomic E-state index is 0.181. The zero-order chi connectivity index (χ0) is 28.8. The minimum atomic E-state index is -1.26. The van der Waals surface area contributed by atoms with Gasteiger partial charge in [0.05, 0.1) is 12.7 Å². The second-order valence-electron chi connectivity index (χ2n) is 12.1. The highest BCUT2D eigenvalue weighted by molar-refractivity contribution is 6.03. The van der Waals surface area contributed by atoms with Crippen molar-refractivity contribution in [3.05, 3.63) is 0 Å². The molecule has 0 fully saturated rings. The lowest BCUT2D eigenvalue weighted by atomic mass is 9.87. The molecule has 232 valence electrons. The first-order valence-corrected chi connectivity index (χ1v) is 17.4. The van der Waals surface area contributed by atoms with E-state index in [2.05, 4.69) is 13.8 Å². The van der Waals surface area contributed by atoms with Crippen LogP contribution in [0.4, 0.5) is 0 Å². The molecule has 0 amide bonds. The van der Waals surface area contributed by atoms with Crippen LogP contribution in [0, 0.1) is 5.92 Å². The van der Waals surface area contributed by atoms with Gasteiger partial charge < -0.3 is 10.2 Å². The van der Waals surface area contributed by atoms with E-state index in [1.165, 1.54) is 128 Å². The number of hydrogen-bond acceptors (Lipinski definition) is 4. The second kappa shape index (κ2) is 30.2. The Morgan fingerprint density at radius 1 is 0.436 bits per heavy atom. The summed E-state index contributed by atoms with van der Waals surface area (Å²) in [5.41, 5.74) is 0. The maximum Gasteiger partial charge on any atom is 0.146 e. The van der Waals surface area contributed by atoms with Crippen molar-refractivity contribution in [3.63, 3.8) is 0 Å². The first-order valence-electron chi connectivity index (χ1n) is 17.4. The van der Waals surface area contributed by atoms with Crippen LogP contribution in [0.15, 0.2) is 0 Å². The molecule has 0 bridgehead atoms. The van der Waals surface area contributed by atoms with Crippen LogP contribution < -0.4 is 0 Å². The van der Waals surface area contributed by atoms with Gasteiger partial charge in [0.15, 0.2) is 0 Å². The van der Waals surface area contributed by atoms with Crippen molar-refractivity contribution in [1.82, 2.24) is 0 Å². The molecule has 0 aromatic carbocycles. The molecule has 4 heteroatoms. The summed E-state index contributed by atoms with van der Waals surface area (Å²) < 4.78 is 0. The summed E-state index contributed by atoms with van der Waals surface area (Å²) in [6.45, 7) is 3.99. The lowest BCUT2D eigenvalue weighted by Gasteiger charge is -2.19. The molecule has 0 saturated carbocycles. The Kier molecular flexibility index (Phi) is 29.7. The lowest BCUT2D eigenvalue weighted by Crippen LogP contribution is -2.37. The summed E-state index contributed by atoms with van der Waals surface area (Å²) in [5.74, 6) is -1.40. The molecule has 0 radical (unpaired) electrons. The molecule has 0 aliphatic heterocycles. The molecule has 0 heterocycles. The van der Waals surface area contributed by atoms with Crippen LogP contribution >= 0.6 is 0 Å². The van der Waals surface area contributed by atoms with E-state index in [1.54, 1.807) is 0 Å². The van der Waals surface area contributed by atoms with Crippen molar-refractivity contribution in [2.24, 2.45) is 5.92 Å². The predicted molar refractivity (Wildman–Crippen MR) is 167 cm³/mol. The van der Waals surface area contributed by atoms with Crippen molar-refractivity contribution in [1.29, 1.82) is 0 Å². The Morgan fingerprint density at radius 2 is 0.667 bits per heavy atom. The number of aliphatic hydroxyl groups is 2. The first kappa shape index (κ1) is 38.3. The number of hydrogen-bond donors (Lipinski definition) is 2. The molecular weight excluding hydrogens is 484 g/mol. The second-order valence-corrected chi connectivity index (χ2v) is 12.1. The zero-order valence-electron chi connectivity index (χ0n) is 26.4. The number of carbonyl (C=O) groups excluding carboxylic acids is 2. The molecule has 0 aliphatic rings. The molecule has 0 aromatic rings. The van der Waals surface area contributed by atoms with Gasteiger partial charge in [-0.3, -0.25) is 9.59 Å². The van der Waals surface area contributed by atoms with Crippen molar-refractivity contribution < 1.29 is 19.8 Å². The van der Waals surface area contributed by atoms with Crippen molar-refractivity contribution in [3.8, 4) is 0 Å². The highest BCUT2D eigenvalue weighted by atomic mass is 16.3. The van der Waals surface area contributed by atoms with Gasteiger partial charge in [0, 0.05) is 12.8 Å². The highest BCUT2D eigenvalue weighted by Gasteiger charge is 2.31. The fourth-order valence-electron chi connectivity index (χ4n) is 5.66. The maximum absolute atomic E-state index is 12.7. The van der Waals surface area contributed by atoms with Crippen LogP contribution in [-0.2, 0) is 9.59 Å². The van der Waals surface area contributed by atoms with Crippen LogP contribution in [0.5, 0.6) is 0 Å². The van der Waals surface area contributed by atoms with E-state index in [0.29, 0.717) is 12.8 Å². The fourth-order valence-corrected chi connectivity index (χ4v) is 5.66. The Bertz CT molecular complexity index is 491. The van der Waals surface area contributed by atoms with E-state index in [1.807, 2.05) is 0 Å². The molecule has 1 atom stereocenters. The van der Waals surface area contributed by atoms with Gasteiger partial charge in [-0.25, -0.2) is 0 Å². The van der Waals surface area contributed by atoms with Crippen LogP contribution in [0.1, 0.15) is 194 Å². The Labute approximate surface area is 243 Å². The number of unbranched alkanes of at least 4 members (excludes halogenated alkanes) is 24. The summed E-state index contributed by atoms with van der Waals surface area (Å²) in [4.78, 5) is 25.5. The number of carbonyl (C=O) groups is 2. The normalized spacial score (nSPS) is 12.3. The zero-order valence-corrected chi connectivity index (χ0v) is 26.4. The van der Waals surface area contributed by atoms with E-state index in [9.17, 15) is 19.8 Å². The predicted octanol–water partition coefficient (Wildman–Crippen LogP) is 10.1. The Hall–Kier alpha value is -0.740. The molecule has 0 aromatic heterocycles. The molecule has 39 heavy (non-hydrogen) atoms. The number of ketones is 2. The van der Waals surface area contributed by atoms with E-state index in [0.717, 1.165) is 38.5 Å². The first-order chi connectivity index (χ1) is 19.1. The third-order valence-corrected chi connectivity index (χ3v) is 8.32. The van der Waals surface area contributed by atoms with Crippen molar-refractivity contribution in [2.75, 3.05) is 6.61 Å². The van der Waals surface area contributed by atoms with Gasteiger partial charge in [-0.05, 0) is 12.8 Å². The summed E-state index contributed by atoms with van der Waals surface area (Å²) in [6.07, 6.45) is 31.9. The minimum Gasteiger partial charge on any atom is -0.394 e. The summed E-state index contributed by atoms with van der Waals surface area (Å²) in [5, 5.41) is 19.6. The Balaban J connectivity index is 3.83. The number of aliphatic hydroxyl groups excluding tert-OH is 2. The largest absolute Gasteiger partial charge is 0.394 e. The third kappa shape index (κ3) is 24.8. The van der Waals surface area contributed by atoms with Crippen LogP contribution in [-0.4, -0.2) is 34.5 Å². The third-order valence-electron chi connectivity index (χ3n) is 8.32. The summed E-state index contributed by atoms with van der Waals surface area (Å²) in [6, 6.07) is 0. The monoisotopic (exact) mass is 553 g/mol. The topological polar surface area (TPSA) is 74.6 Å². The number of rotatable bonds is 32. The molecule has 1 unspecified atom stereocenters. The average Bonchev–Trinajstić information content (AvgIpc) is 2.93. The summed E-state index contributed by atoms with van der Waals surface area (Å²) in [7, 11) is 0. The number of Topliss-reactive ketones (excluding diaryl/α,β-unsaturated/α-hetero) is 2. The fraction of sp³-hybridized carbons (Fsp3) is 0.943. The van der Waals surface area contributed by atoms with E-state index in [4.69, 9.17) is 0 Å². The maximum atomic E-state index is 12.7. The van der Waals surface area contributed by atoms with Gasteiger partial charge in [0.1, 0.15) is 17.5 Å². The molecule has 0 spiro atoms. The van der Waals surface area contributed by atoms with Gasteiger partial charge in [-0.1, -0.05) is 168 Å². The average molecular weight is 553 g/mol. The molecule has 0 rings (SSSR count). The van der Waals surface area contributed by atoms with Gasteiger partial charge in [0.2, 0.25) is 0 Å². The van der Waals surface area contributed by atoms with E-state index < -0.39 is 18.6 Å². The van der Waals surface area contributed by atoms with Crippen molar-refractivity contribution >= 4 is 11.6 Å². The summed E-state index contributed by atoms with van der Waals surface area (Å²) >= 11 is 0. The molecule has 4 nitrogen and oxygen atoms in total. The van der Waals surface area contributed by atoms with E-state index in [-0.39, 0.29) is 11.6 Å². The van der Waals surface area contributed by atoms with Crippen molar-refractivity contribution in [2.45, 2.75) is 200 Å².